The number of aromatic nitrogens is 4. The van der Waals surface area contributed by atoms with Gasteiger partial charge in [0, 0.05) is 19.8 Å². The van der Waals surface area contributed by atoms with E-state index in [0.717, 1.165) is 4.57 Å². The van der Waals surface area contributed by atoms with Gasteiger partial charge in [0.05, 0.1) is 10.7 Å². The first-order chi connectivity index (χ1) is 10.3. The van der Waals surface area contributed by atoms with Gasteiger partial charge in [0.1, 0.15) is 0 Å². The Morgan fingerprint density at radius 2 is 1.82 bits per heavy atom. The zero-order chi connectivity index (χ0) is 16.2. The van der Waals surface area contributed by atoms with Crippen LogP contribution in [0.3, 0.4) is 0 Å². The van der Waals surface area contributed by atoms with Gasteiger partial charge < -0.3 is 5.73 Å². The maximum atomic E-state index is 12.4. The topological polar surface area (TPSA) is 87.8 Å². The standard InChI is InChI=1S/C13H11Cl2N5O2/c1-18-10-9(11(21)19(2)13(18)22)20(12(15)17-10)8-4-3-6(16)5-7(8)14/h3-5H,16H2,1-2H3. The Bertz CT molecular complexity index is 1030. The molecular weight excluding hydrogens is 329 g/mol. The lowest BCUT2D eigenvalue weighted by molar-refractivity contribution is 0.707. The smallest absolute Gasteiger partial charge is 0.332 e. The third-order valence-corrected chi connectivity index (χ3v) is 3.99. The molecule has 0 bridgehead atoms. The maximum absolute atomic E-state index is 12.4. The summed E-state index contributed by atoms with van der Waals surface area (Å²) in [6.45, 7) is 0. The molecule has 0 aliphatic rings. The van der Waals surface area contributed by atoms with E-state index < -0.39 is 11.2 Å². The van der Waals surface area contributed by atoms with Crippen LogP contribution in [-0.4, -0.2) is 18.7 Å². The highest BCUT2D eigenvalue weighted by atomic mass is 35.5. The van der Waals surface area contributed by atoms with E-state index in [1.165, 1.54) is 23.2 Å². The third kappa shape index (κ3) is 1.93. The second-order valence-electron chi connectivity index (χ2n) is 4.81. The number of anilines is 1. The first-order valence-electron chi connectivity index (χ1n) is 6.22. The number of halogens is 2. The number of benzene rings is 1. The molecule has 1 aromatic carbocycles. The van der Waals surface area contributed by atoms with Gasteiger partial charge in [-0.1, -0.05) is 11.6 Å². The Hall–Kier alpha value is -2.25. The average Bonchev–Trinajstić information content (AvgIpc) is 2.81. The molecule has 0 atom stereocenters. The first-order valence-corrected chi connectivity index (χ1v) is 6.98. The van der Waals surface area contributed by atoms with E-state index in [-0.39, 0.29) is 16.4 Å². The number of aryl methyl sites for hydroxylation is 1. The quantitative estimate of drug-likeness (QED) is 0.534. The van der Waals surface area contributed by atoms with E-state index in [2.05, 4.69) is 4.98 Å². The Balaban J connectivity index is 2.53. The SMILES string of the molecule is Cn1c(=O)c2c(nc(Cl)n2-c2ccc(N)cc2Cl)n(C)c1=O. The molecule has 0 aliphatic carbocycles. The van der Waals surface area contributed by atoms with E-state index >= 15 is 0 Å². The lowest BCUT2D eigenvalue weighted by Crippen LogP contribution is -2.37. The molecule has 0 fully saturated rings. The molecule has 0 saturated carbocycles. The molecule has 0 radical (unpaired) electrons. The van der Waals surface area contributed by atoms with Crippen molar-refractivity contribution in [2.75, 3.05) is 5.73 Å². The van der Waals surface area contributed by atoms with E-state index in [1.54, 1.807) is 18.2 Å². The van der Waals surface area contributed by atoms with Crippen molar-refractivity contribution in [1.29, 1.82) is 0 Å². The highest BCUT2D eigenvalue weighted by Crippen LogP contribution is 2.28. The molecule has 0 amide bonds. The van der Waals surface area contributed by atoms with Gasteiger partial charge in [-0.2, -0.15) is 4.98 Å². The summed E-state index contributed by atoms with van der Waals surface area (Å²) in [5.74, 6) is 0. The third-order valence-electron chi connectivity index (χ3n) is 3.43. The van der Waals surface area contributed by atoms with Crippen molar-refractivity contribution >= 4 is 40.1 Å². The molecule has 0 spiro atoms. The molecule has 0 unspecified atom stereocenters. The fraction of sp³-hybridized carbons (Fsp3) is 0.154. The van der Waals surface area contributed by atoms with Gasteiger partial charge in [-0.15, -0.1) is 0 Å². The number of imidazole rings is 1. The molecule has 22 heavy (non-hydrogen) atoms. The Morgan fingerprint density at radius 1 is 1.14 bits per heavy atom. The summed E-state index contributed by atoms with van der Waals surface area (Å²) in [5.41, 5.74) is 5.98. The van der Waals surface area contributed by atoms with Crippen LogP contribution >= 0.6 is 23.2 Å². The normalized spacial score (nSPS) is 11.3. The minimum absolute atomic E-state index is 0.0278. The lowest BCUT2D eigenvalue weighted by atomic mass is 10.3. The highest BCUT2D eigenvalue weighted by Gasteiger charge is 2.20. The Labute approximate surface area is 134 Å². The summed E-state index contributed by atoms with van der Waals surface area (Å²) < 4.78 is 3.65. The molecule has 0 saturated heterocycles. The van der Waals surface area contributed by atoms with Crippen LogP contribution in [0.15, 0.2) is 27.8 Å². The number of hydrogen-bond donors (Lipinski definition) is 1. The van der Waals surface area contributed by atoms with Crippen LogP contribution < -0.4 is 17.0 Å². The number of nitrogens with zero attached hydrogens (tertiary/aromatic N) is 4. The summed E-state index contributed by atoms with van der Waals surface area (Å²) in [6.07, 6.45) is 0. The number of nitrogens with two attached hydrogens (primary N) is 1. The summed E-state index contributed by atoms with van der Waals surface area (Å²) in [6, 6.07) is 4.82. The van der Waals surface area contributed by atoms with Gasteiger partial charge in [0.15, 0.2) is 11.2 Å². The van der Waals surface area contributed by atoms with Crippen LogP contribution in [0.4, 0.5) is 5.69 Å². The maximum Gasteiger partial charge on any atom is 0.332 e. The Morgan fingerprint density at radius 3 is 2.45 bits per heavy atom. The summed E-state index contributed by atoms with van der Waals surface area (Å²) in [7, 11) is 2.91. The van der Waals surface area contributed by atoms with Crippen LogP contribution in [0.1, 0.15) is 0 Å². The molecule has 2 aromatic heterocycles. The van der Waals surface area contributed by atoms with Gasteiger partial charge in [0.25, 0.3) is 5.56 Å². The van der Waals surface area contributed by atoms with Crippen molar-refractivity contribution in [2.24, 2.45) is 14.1 Å². The van der Waals surface area contributed by atoms with Gasteiger partial charge >= 0.3 is 5.69 Å². The van der Waals surface area contributed by atoms with Crippen molar-refractivity contribution in [1.82, 2.24) is 18.7 Å². The molecule has 9 heteroatoms. The van der Waals surface area contributed by atoms with Gasteiger partial charge in [0.2, 0.25) is 5.28 Å². The van der Waals surface area contributed by atoms with Crippen molar-refractivity contribution in [2.45, 2.75) is 0 Å². The monoisotopic (exact) mass is 339 g/mol. The van der Waals surface area contributed by atoms with Crippen LogP contribution in [0, 0.1) is 0 Å². The summed E-state index contributed by atoms with van der Waals surface area (Å²) in [5, 5.41) is 0.345. The molecule has 2 N–H and O–H groups in total. The van der Waals surface area contributed by atoms with Gasteiger partial charge in [-0.3, -0.25) is 18.5 Å². The first kappa shape index (κ1) is 14.7. The lowest BCUT2D eigenvalue weighted by Gasteiger charge is -2.09. The van der Waals surface area contributed by atoms with Crippen LogP contribution in [-0.2, 0) is 14.1 Å². The Kier molecular flexibility index (Phi) is 3.26. The number of nitrogen functional groups attached to an aromatic ring is 1. The van der Waals surface area contributed by atoms with E-state index in [4.69, 9.17) is 28.9 Å². The average molecular weight is 340 g/mol. The molecule has 3 aromatic rings. The second kappa shape index (κ2) is 4.89. The molecule has 114 valence electrons. The van der Waals surface area contributed by atoms with Crippen LogP contribution in [0.5, 0.6) is 0 Å². The summed E-state index contributed by atoms with van der Waals surface area (Å²) >= 11 is 12.4. The number of hydrogen-bond acceptors (Lipinski definition) is 4. The van der Waals surface area contributed by atoms with E-state index in [1.807, 2.05) is 0 Å². The van der Waals surface area contributed by atoms with Crippen molar-refractivity contribution in [3.05, 3.63) is 49.3 Å². The highest BCUT2D eigenvalue weighted by molar-refractivity contribution is 6.33. The van der Waals surface area contributed by atoms with Gasteiger partial charge in [-0.25, -0.2) is 4.79 Å². The summed E-state index contributed by atoms with van der Waals surface area (Å²) in [4.78, 5) is 28.5. The zero-order valence-corrected chi connectivity index (χ0v) is 13.2. The van der Waals surface area contributed by atoms with Gasteiger partial charge in [-0.05, 0) is 29.8 Å². The van der Waals surface area contributed by atoms with Crippen LogP contribution in [0.2, 0.25) is 10.3 Å². The predicted molar refractivity (Wildman–Crippen MR) is 86.0 cm³/mol. The predicted octanol–water partition coefficient (Wildman–Crippen LogP) is 1.31. The van der Waals surface area contributed by atoms with E-state index in [9.17, 15) is 9.59 Å². The van der Waals surface area contributed by atoms with Crippen molar-refractivity contribution in [3.8, 4) is 5.69 Å². The zero-order valence-electron chi connectivity index (χ0n) is 11.7. The molecular formula is C13H11Cl2N5O2. The minimum atomic E-state index is -0.509. The fourth-order valence-electron chi connectivity index (χ4n) is 2.29. The fourth-order valence-corrected chi connectivity index (χ4v) is 2.82. The molecule has 3 rings (SSSR count). The molecule has 7 nitrogen and oxygen atoms in total. The number of rotatable bonds is 1. The largest absolute Gasteiger partial charge is 0.399 e. The molecule has 2 heterocycles. The minimum Gasteiger partial charge on any atom is -0.399 e. The second-order valence-corrected chi connectivity index (χ2v) is 5.55. The van der Waals surface area contributed by atoms with E-state index in [0.29, 0.717) is 16.4 Å². The number of fused-ring (bicyclic) bond motifs is 1. The molecule has 0 aliphatic heterocycles. The van der Waals surface area contributed by atoms with Crippen molar-refractivity contribution in [3.63, 3.8) is 0 Å². The van der Waals surface area contributed by atoms with Crippen LogP contribution in [0.25, 0.3) is 16.9 Å². The van der Waals surface area contributed by atoms with Crippen molar-refractivity contribution < 1.29 is 0 Å².